The number of nitrogens with one attached hydrogen (secondary N) is 4. The number of nitrogens with zero attached hydrogens (tertiary/aromatic N) is 2. The lowest BCUT2D eigenvalue weighted by Gasteiger charge is -2.20. The minimum Gasteiger partial charge on any atom is -0.471 e. The topological polar surface area (TPSA) is 204 Å². The third-order valence-electron chi connectivity index (χ3n) is 6.83. The number of benzene rings is 2. The molecule has 4 rings (SSSR count). The second-order valence-electron chi connectivity index (χ2n) is 12.7. The molecular formula is C45H63ClN6O9S. The van der Waals surface area contributed by atoms with Gasteiger partial charge in [0.05, 0.1) is 34.7 Å². The van der Waals surface area contributed by atoms with Gasteiger partial charge in [0.1, 0.15) is 35.0 Å². The van der Waals surface area contributed by atoms with Crippen molar-refractivity contribution in [2.24, 2.45) is 0 Å². The number of aromatic nitrogens is 2. The second kappa shape index (κ2) is 34.9. The Labute approximate surface area is 374 Å². The first-order valence-corrected chi connectivity index (χ1v) is 21.5. The van der Waals surface area contributed by atoms with Gasteiger partial charge in [-0.3, -0.25) is 24.5 Å². The van der Waals surface area contributed by atoms with E-state index < -0.39 is 28.6 Å². The van der Waals surface area contributed by atoms with Gasteiger partial charge in [0, 0.05) is 54.1 Å². The number of hydrogen-bond donors (Lipinski definition) is 4. The Hall–Kier alpha value is -5.73. The second-order valence-corrected chi connectivity index (χ2v) is 14.4. The molecule has 1 atom stereocenters. The molecule has 2 amide bonds. The zero-order valence-corrected chi connectivity index (χ0v) is 39.5. The summed E-state index contributed by atoms with van der Waals surface area (Å²) in [6, 6.07) is 15.0. The van der Waals surface area contributed by atoms with Crippen LogP contribution in [-0.2, 0) is 34.8 Å². The van der Waals surface area contributed by atoms with Crippen molar-refractivity contribution in [3.63, 3.8) is 0 Å². The lowest BCUT2D eigenvalue weighted by molar-refractivity contribution is -0.126. The number of halogens is 1. The van der Waals surface area contributed by atoms with Crippen molar-refractivity contribution in [2.75, 3.05) is 45.4 Å². The number of ether oxygens (including phenoxy) is 3. The van der Waals surface area contributed by atoms with Crippen molar-refractivity contribution in [1.82, 2.24) is 26.1 Å². The first-order valence-electron chi connectivity index (χ1n) is 19.8. The molecule has 0 saturated heterocycles. The fourth-order valence-corrected chi connectivity index (χ4v) is 5.12. The molecular weight excluding hydrogens is 836 g/mol. The summed E-state index contributed by atoms with van der Waals surface area (Å²) in [4.78, 5) is 64.8. The number of carbonyl (C=O) groups excluding carboxylic acids is 5. The van der Waals surface area contributed by atoms with Crippen LogP contribution in [0.3, 0.4) is 0 Å². The number of methoxy groups -OCH3 is 2. The van der Waals surface area contributed by atoms with Crippen LogP contribution in [0.1, 0.15) is 106 Å². The zero-order chi connectivity index (χ0) is 47.5. The molecule has 1 unspecified atom stereocenters. The van der Waals surface area contributed by atoms with Gasteiger partial charge in [-0.05, 0) is 71.1 Å². The van der Waals surface area contributed by atoms with Crippen molar-refractivity contribution in [1.29, 1.82) is 0 Å². The monoisotopic (exact) mass is 898 g/mol. The highest BCUT2D eigenvalue weighted by Crippen LogP contribution is 2.27. The van der Waals surface area contributed by atoms with Crippen LogP contribution in [-0.4, -0.2) is 91.5 Å². The van der Waals surface area contributed by atoms with Gasteiger partial charge in [-0.1, -0.05) is 89.1 Å². The fourth-order valence-electron chi connectivity index (χ4n) is 4.33. The number of carbonyl (C=O) groups is 5. The van der Waals surface area contributed by atoms with E-state index in [1.807, 2.05) is 34.7 Å². The lowest BCUT2D eigenvalue weighted by Crippen LogP contribution is -2.44. The van der Waals surface area contributed by atoms with E-state index in [2.05, 4.69) is 59.1 Å². The van der Waals surface area contributed by atoms with Gasteiger partial charge in [-0.15, -0.1) is 0 Å². The summed E-state index contributed by atoms with van der Waals surface area (Å²) in [5, 5.41) is 3.82. The number of unbranched alkanes of at least 4 members (excludes halogenated alkanes) is 2. The third-order valence-corrected chi connectivity index (χ3v) is 8.02. The Balaban J connectivity index is 0. The molecule has 17 heteroatoms. The predicted molar refractivity (Wildman–Crippen MR) is 249 cm³/mol. The van der Waals surface area contributed by atoms with Crippen molar-refractivity contribution >= 4 is 70.4 Å². The number of rotatable bonds is 12. The van der Waals surface area contributed by atoms with E-state index in [9.17, 15) is 23.4 Å². The van der Waals surface area contributed by atoms with Crippen LogP contribution in [0, 0.1) is 11.8 Å². The number of hydrogen-bond acceptors (Lipinski definition) is 12. The van der Waals surface area contributed by atoms with Crippen molar-refractivity contribution in [3.05, 3.63) is 88.1 Å². The summed E-state index contributed by atoms with van der Waals surface area (Å²) >= 11 is 6.22. The summed E-state index contributed by atoms with van der Waals surface area (Å²) in [5.41, 5.74) is 7.04. The van der Waals surface area contributed by atoms with Crippen LogP contribution in [0.25, 0.3) is 22.2 Å². The molecule has 4 N–H and O–H groups in total. The van der Waals surface area contributed by atoms with E-state index in [0.717, 1.165) is 0 Å². The molecule has 2 aromatic carbocycles. The van der Waals surface area contributed by atoms with Gasteiger partial charge in [0.25, 0.3) is 12.4 Å². The molecule has 0 radical (unpaired) electrons. The highest BCUT2D eigenvalue weighted by molar-refractivity contribution is 7.86. The van der Waals surface area contributed by atoms with Crippen LogP contribution in [0.4, 0.5) is 10.6 Å². The van der Waals surface area contributed by atoms with Crippen LogP contribution in [0.5, 0.6) is 0 Å². The van der Waals surface area contributed by atoms with Gasteiger partial charge in [0.2, 0.25) is 0 Å². The summed E-state index contributed by atoms with van der Waals surface area (Å²) in [5.74, 6) is 5.31. The average molecular weight is 900 g/mol. The largest absolute Gasteiger partial charge is 0.471 e. The minimum atomic E-state index is -1.69. The van der Waals surface area contributed by atoms with Crippen LogP contribution in [0.2, 0.25) is 5.02 Å². The van der Waals surface area contributed by atoms with Crippen LogP contribution in [0.15, 0.2) is 60.8 Å². The quantitative estimate of drug-likeness (QED) is 0.0461. The third kappa shape index (κ3) is 24.5. The van der Waals surface area contributed by atoms with E-state index in [1.54, 1.807) is 83.5 Å². The molecule has 15 nitrogen and oxygen atoms in total. The molecule has 0 spiro atoms. The average Bonchev–Trinajstić information content (AvgIpc) is 3.26. The molecule has 0 aliphatic heterocycles. The number of hydrazine groups is 1. The number of pyridine rings is 2. The maximum atomic E-state index is 13.2. The summed E-state index contributed by atoms with van der Waals surface area (Å²) < 4.78 is 27.9. The standard InChI is InChI=1S/C31H26ClN5O6S.C6H15N.C2H4O2.C2H6O.2C2H6/c1-31(2,3)43-30(41)36-35-29(40)23-15-26(34-27-16-28(33-17-24(23)27)37-44(42)13-12-38)22-10-5-19(6-11-22)4-8-21-9-7-20(18-39)14-25(21)32;1-3-4-5-6-7-2;1-4-2-3;1-3-2;2*1-2/h5-7,9-12,14-18H,13H2,1-3H3,(H,33,37)(H,35,40)(H,36,41);7H,3-6H2,1-2H3;2H,1H3;1-2H3;2*1-2H3. The Morgan fingerprint density at radius 1 is 0.903 bits per heavy atom. The fraction of sp³-hybridized carbons (Fsp3) is 0.400. The van der Waals surface area contributed by atoms with Gasteiger partial charge >= 0.3 is 6.09 Å². The normalized spacial score (nSPS) is 10.0. The molecule has 4 aromatic rings. The highest BCUT2D eigenvalue weighted by Gasteiger charge is 2.19. The lowest BCUT2D eigenvalue weighted by atomic mass is 10.0. The molecule has 0 aliphatic rings. The highest BCUT2D eigenvalue weighted by atomic mass is 35.5. The van der Waals surface area contributed by atoms with E-state index in [-0.39, 0.29) is 17.1 Å². The number of aldehydes is 2. The van der Waals surface area contributed by atoms with E-state index in [4.69, 9.17) is 21.1 Å². The maximum absolute atomic E-state index is 13.2. The van der Waals surface area contributed by atoms with Crippen molar-refractivity contribution in [2.45, 2.75) is 80.3 Å². The molecule has 62 heavy (non-hydrogen) atoms. The smallest absolute Gasteiger partial charge is 0.426 e. The Morgan fingerprint density at radius 3 is 2.05 bits per heavy atom. The van der Waals surface area contributed by atoms with Gasteiger partial charge in [-0.2, -0.15) is 0 Å². The van der Waals surface area contributed by atoms with Crippen molar-refractivity contribution < 1.29 is 42.4 Å². The predicted octanol–water partition coefficient (Wildman–Crippen LogP) is 8.11. The molecule has 0 saturated carbocycles. The SMILES string of the molecule is CC.CC.CC(C)(C)OC(=O)NNC(=O)c1cc(-c2ccc(C#Cc3ccc(C=O)cc3Cl)cc2)nc2cc(NS(=O)CC=O)ncc12.CCCCCNC.COC.COC=O. The van der Waals surface area contributed by atoms with Crippen molar-refractivity contribution in [3.8, 4) is 23.1 Å². The minimum absolute atomic E-state index is 0.145. The maximum Gasteiger partial charge on any atom is 0.426 e. The number of amides is 2. The first kappa shape index (κ1) is 58.4. The molecule has 0 aliphatic carbocycles. The molecule has 2 aromatic heterocycles. The summed E-state index contributed by atoms with van der Waals surface area (Å²) in [7, 11) is 4.86. The summed E-state index contributed by atoms with van der Waals surface area (Å²) in [6.45, 7) is 16.8. The molecule has 2 heterocycles. The Kier molecular flexibility index (Phi) is 32.9. The van der Waals surface area contributed by atoms with Gasteiger partial charge < -0.3 is 24.3 Å². The Bertz CT molecular complexity index is 2030. The summed E-state index contributed by atoms with van der Waals surface area (Å²) in [6.07, 6.45) is 5.77. The molecule has 0 fully saturated rings. The number of fused-ring (bicyclic) bond motifs is 1. The van der Waals surface area contributed by atoms with Gasteiger partial charge in [-0.25, -0.2) is 24.4 Å². The van der Waals surface area contributed by atoms with E-state index >= 15 is 0 Å². The van der Waals surface area contributed by atoms with E-state index in [0.29, 0.717) is 62.9 Å². The van der Waals surface area contributed by atoms with Gasteiger partial charge in [0.15, 0.2) is 0 Å². The van der Waals surface area contributed by atoms with Crippen LogP contribution >= 0.6 is 11.6 Å². The Morgan fingerprint density at radius 2 is 1.53 bits per heavy atom. The first-order chi connectivity index (χ1) is 29.7. The molecule has 340 valence electrons. The number of anilines is 1. The molecule has 0 bridgehead atoms. The zero-order valence-electron chi connectivity index (χ0n) is 37.9. The van der Waals surface area contributed by atoms with E-state index in [1.165, 1.54) is 45.2 Å². The van der Waals surface area contributed by atoms with Crippen LogP contribution < -0.4 is 20.9 Å².